The molecule has 0 saturated heterocycles. The topological polar surface area (TPSA) is 40.6 Å². The van der Waals surface area contributed by atoms with Crippen LogP contribution in [-0.4, -0.2) is 46.8 Å². The molecule has 4 nitrogen and oxygen atoms in total. The number of amides is 2. The summed E-state index contributed by atoms with van der Waals surface area (Å²) in [5.41, 5.74) is 0. The van der Waals surface area contributed by atoms with Crippen LogP contribution in [0.4, 0.5) is 0 Å². The van der Waals surface area contributed by atoms with Gasteiger partial charge in [-0.2, -0.15) is 0 Å². The Labute approximate surface area is 155 Å². The molecule has 2 amide bonds. The van der Waals surface area contributed by atoms with Crippen molar-refractivity contribution in [3.8, 4) is 0 Å². The molecule has 2 aliphatic rings. The van der Waals surface area contributed by atoms with Crippen molar-refractivity contribution in [2.45, 2.75) is 24.9 Å². The highest BCUT2D eigenvalue weighted by Crippen LogP contribution is 2.12. The molecule has 0 aromatic rings. The Kier molecular flexibility index (Phi) is 7.62. The summed E-state index contributed by atoms with van der Waals surface area (Å²) in [4.78, 5) is 27.8. The van der Waals surface area contributed by atoms with Crippen LogP contribution in [0.2, 0.25) is 0 Å². The smallest absolute Gasteiger partial charge is 0.246 e. The molecule has 0 aromatic carbocycles. The fraction of sp³-hybridized carbons (Fsp3) is 0.273. The maximum absolute atomic E-state index is 12.2. The van der Waals surface area contributed by atoms with Crippen LogP contribution in [0, 0.1) is 0 Å². The summed E-state index contributed by atoms with van der Waals surface area (Å²) in [5, 5.41) is 0. The maximum Gasteiger partial charge on any atom is 0.246 e. The summed E-state index contributed by atoms with van der Waals surface area (Å²) in [6.07, 6.45) is 24.5. The van der Waals surface area contributed by atoms with Crippen LogP contribution < -0.4 is 0 Å². The van der Waals surface area contributed by atoms with E-state index in [0.717, 1.165) is 12.8 Å². The van der Waals surface area contributed by atoms with Gasteiger partial charge in [0.15, 0.2) is 0 Å². The third-order valence-electron chi connectivity index (χ3n) is 4.28. The van der Waals surface area contributed by atoms with Crippen molar-refractivity contribution in [1.29, 1.82) is 0 Å². The number of allylic oxidation sites excluding steroid dienone is 4. The average Bonchev–Trinajstić information content (AvgIpc) is 2.71. The minimum absolute atomic E-state index is 0.0611. The van der Waals surface area contributed by atoms with E-state index >= 15 is 0 Å². The largest absolute Gasteiger partial charge is 0.326 e. The normalized spacial score (nSPS) is 16.8. The van der Waals surface area contributed by atoms with Gasteiger partial charge in [0.05, 0.1) is 12.1 Å². The molecule has 0 atom stereocenters. The number of nitrogens with zero attached hydrogens (tertiary/aromatic N) is 2. The molecule has 0 radical (unpaired) electrons. The van der Waals surface area contributed by atoms with E-state index in [9.17, 15) is 9.59 Å². The van der Waals surface area contributed by atoms with Gasteiger partial charge in [0, 0.05) is 13.1 Å². The predicted molar refractivity (Wildman–Crippen MR) is 106 cm³/mol. The molecule has 2 aliphatic carbocycles. The number of hydrogen-bond acceptors (Lipinski definition) is 2. The molecule has 4 heteroatoms. The molecule has 0 aliphatic heterocycles. The van der Waals surface area contributed by atoms with E-state index in [4.69, 9.17) is 0 Å². The second-order valence-corrected chi connectivity index (χ2v) is 6.03. The molecular formula is C22H26N2O2. The monoisotopic (exact) mass is 350 g/mol. The first kappa shape index (κ1) is 19.4. The minimum Gasteiger partial charge on any atom is -0.326 e. The Hall–Kier alpha value is -2.88. The van der Waals surface area contributed by atoms with Crippen molar-refractivity contribution in [2.75, 3.05) is 13.1 Å². The number of carbonyl (C=O) groups excluding carboxylic acids is 2. The average molecular weight is 350 g/mol. The zero-order valence-electron chi connectivity index (χ0n) is 15.0. The molecule has 26 heavy (non-hydrogen) atoms. The molecule has 0 fully saturated rings. The predicted octanol–water partition coefficient (Wildman–Crippen LogP) is 3.34. The number of hydrogen-bond donors (Lipinski definition) is 0. The highest BCUT2D eigenvalue weighted by molar-refractivity contribution is 5.88. The van der Waals surface area contributed by atoms with Gasteiger partial charge in [0.25, 0.3) is 0 Å². The Morgan fingerprint density at radius 3 is 1.42 bits per heavy atom. The lowest BCUT2D eigenvalue weighted by Gasteiger charge is -2.28. The summed E-state index contributed by atoms with van der Waals surface area (Å²) < 4.78 is 0. The van der Waals surface area contributed by atoms with Gasteiger partial charge >= 0.3 is 0 Å². The molecule has 136 valence electrons. The van der Waals surface area contributed by atoms with Crippen LogP contribution in [0.25, 0.3) is 0 Å². The van der Waals surface area contributed by atoms with Crippen LogP contribution >= 0.6 is 0 Å². The molecule has 0 unspecified atom stereocenters. The lowest BCUT2D eigenvalue weighted by Crippen LogP contribution is -2.39. The van der Waals surface area contributed by atoms with Crippen molar-refractivity contribution in [3.63, 3.8) is 0 Å². The van der Waals surface area contributed by atoms with Gasteiger partial charge in [-0.3, -0.25) is 9.59 Å². The molecule has 0 spiro atoms. The van der Waals surface area contributed by atoms with Gasteiger partial charge in [-0.25, -0.2) is 0 Å². The van der Waals surface area contributed by atoms with E-state index < -0.39 is 0 Å². The first-order valence-electron chi connectivity index (χ1n) is 8.85. The van der Waals surface area contributed by atoms with Crippen LogP contribution in [0.1, 0.15) is 12.8 Å². The molecule has 0 saturated carbocycles. The van der Waals surface area contributed by atoms with Crippen LogP contribution in [0.15, 0.2) is 86.1 Å². The molecule has 2 rings (SSSR count). The molecule has 0 N–H and O–H groups in total. The van der Waals surface area contributed by atoms with Crippen LogP contribution in [0.5, 0.6) is 0 Å². The SMILES string of the molecule is C=CC(=O)N(C/C=C/CN(C(=O)C=C)C1C=CCC=C1)C1C=CCC=C1. The first-order valence-corrected chi connectivity index (χ1v) is 8.85. The standard InChI is InChI=1S/C22H26N2O2/c1-3-21(25)23(19-13-7-5-8-14-19)17-11-12-18-24(22(26)4-2)20-15-9-6-10-16-20/h3-4,7-16,19-20H,1-2,5-6,17-18H2/b12-11+. The quantitative estimate of drug-likeness (QED) is 0.498. The van der Waals surface area contributed by atoms with E-state index in [-0.39, 0.29) is 23.9 Å². The van der Waals surface area contributed by atoms with E-state index in [1.54, 1.807) is 9.80 Å². The molecule has 0 aromatic heterocycles. The van der Waals surface area contributed by atoms with E-state index in [0.29, 0.717) is 13.1 Å². The fourth-order valence-electron chi connectivity index (χ4n) is 2.90. The Morgan fingerprint density at radius 1 is 0.769 bits per heavy atom. The lowest BCUT2D eigenvalue weighted by molar-refractivity contribution is -0.127. The summed E-state index contributed by atoms with van der Waals surface area (Å²) in [5.74, 6) is -0.235. The van der Waals surface area contributed by atoms with Gasteiger partial charge < -0.3 is 9.80 Å². The van der Waals surface area contributed by atoms with E-state index in [1.807, 2.05) is 60.8 Å². The fourth-order valence-corrected chi connectivity index (χ4v) is 2.90. The van der Waals surface area contributed by atoms with Crippen molar-refractivity contribution in [2.24, 2.45) is 0 Å². The second-order valence-electron chi connectivity index (χ2n) is 6.03. The molecule has 0 bridgehead atoms. The number of rotatable bonds is 8. The van der Waals surface area contributed by atoms with Crippen molar-refractivity contribution < 1.29 is 9.59 Å². The number of carbonyl (C=O) groups is 2. The third kappa shape index (κ3) is 5.31. The van der Waals surface area contributed by atoms with Gasteiger partial charge in [-0.1, -0.05) is 73.9 Å². The molecule has 0 heterocycles. The Balaban J connectivity index is 2.01. The Bertz CT molecular complexity index is 600. The van der Waals surface area contributed by atoms with Gasteiger partial charge in [-0.05, 0) is 25.0 Å². The van der Waals surface area contributed by atoms with Gasteiger partial charge in [0.1, 0.15) is 0 Å². The minimum atomic E-state index is -0.118. The summed E-state index contributed by atoms with van der Waals surface area (Å²) >= 11 is 0. The highest BCUT2D eigenvalue weighted by Gasteiger charge is 2.18. The van der Waals surface area contributed by atoms with Crippen molar-refractivity contribution in [1.82, 2.24) is 9.80 Å². The van der Waals surface area contributed by atoms with E-state index in [1.165, 1.54) is 12.2 Å². The van der Waals surface area contributed by atoms with Crippen LogP contribution in [0.3, 0.4) is 0 Å². The zero-order chi connectivity index (χ0) is 18.8. The first-order chi connectivity index (χ1) is 12.7. The highest BCUT2D eigenvalue weighted by atomic mass is 16.2. The second kappa shape index (κ2) is 10.2. The van der Waals surface area contributed by atoms with Crippen molar-refractivity contribution >= 4 is 11.8 Å². The zero-order valence-corrected chi connectivity index (χ0v) is 15.0. The Morgan fingerprint density at radius 2 is 1.12 bits per heavy atom. The summed E-state index contributed by atoms with van der Waals surface area (Å²) in [6, 6.07) is -0.122. The molecular weight excluding hydrogens is 324 g/mol. The lowest BCUT2D eigenvalue weighted by atomic mass is 10.1. The summed E-state index contributed by atoms with van der Waals surface area (Å²) in [6.45, 7) is 8.08. The van der Waals surface area contributed by atoms with Gasteiger partial charge in [-0.15, -0.1) is 0 Å². The van der Waals surface area contributed by atoms with E-state index in [2.05, 4.69) is 13.2 Å². The van der Waals surface area contributed by atoms with Crippen molar-refractivity contribution in [3.05, 3.63) is 86.1 Å². The summed E-state index contributed by atoms with van der Waals surface area (Å²) in [7, 11) is 0. The van der Waals surface area contributed by atoms with Gasteiger partial charge in [0.2, 0.25) is 11.8 Å². The third-order valence-corrected chi connectivity index (χ3v) is 4.28. The van der Waals surface area contributed by atoms with Crippen LogP contribution in [-0.2, 0) is 9.59 Å². The maximum atomic E-state index is 12.2.